The molecule has 0 aromatic heterocycles. The number of alkyl halides is 3. The Morgan fingerprint density at radius 3 is 2.60 bits per heavy atom. The number of nitrogens with two attached hydrogens (primary N) is 1. The van der Waals surface area contributed by atoms with Crippen molar-refractivity contribution >= 4 is 0 Å². The van der Waals surface area contributed by atoms with E-state index >= 15 is 0 Å². The fourth-order valence-electron chi connectivity index (χ4n) is 1.98. The molecule has 0 spiro atoms. The minimum Gasteiger partial charge on any atom is -0.406 e. The Morgan fingerprint density at radius 2 is 2.05 bits per heavy atom. The second-order valence-corrected chi connectivity index (χ2v) is 4.64. The molecule has 114 valence electrons. The highest BCUT2D eigenvalue weighted by Gasteiger charge is 2.31. The summed E-state index contributed by atoms with van der Waals surface area (Å²) in [7, 11) is 1.60. The first-order chi connectivity index (χ1) is 9.35. The molecule has 7 heteroatoms. The minimum absolute atomic E-state index is 0.216. The van der Waals surface area contributed by atoms with Crippen molar-refractivity contribution in [2.75, 3.05) is 13.7 Å². The van der Waals surface area contributed by atoms with Gasteiger partial charge in [0.05, 0.1) is 0 Å². The van der Waals surface area contributed by atoms with Crippen LogP contribution in [0.4, 0.5) is 13.2 Å². The lowest BCUT2D eigenvalue weighted by Gasteiger charge is -2.21. The van der Waals surface area contributed by atoms with E-state index in [4.69, 9.17) is 10.6 Å². The lowest BCUT2D eigenvalue weighted by atomic mass is 9.97. The van der Waals surface area contributed by atoms with Crippen LogP contribution in [0, 0.1) is 5.92 Å². The number of rotatable bonds is 7. The number of nitrogens with one attached hydrogen (secondary N) is 1. The molecule has 0 fully saturated rings. The molecule has 1 rings (SSSR count). The van der Waals surface area contributed by atoms with Crippen LogP contribution in [0.5, 0.6) is 5.75 Å². The summed E-state index contributed by atoms with van der Waals surface area (Å²) in [5.74, 6) is 5.43. The first-order valence-corrected chi connectivity index (χ1v) is 6.16. The lowest BCUT2D eigenvalue weighted by molar-refractivity contribution is -0.274. The zero-order valence-corrected chi connectivity index (χ0v) is 11.4. The highest BCUT2D eigenvalue weighted by molar-refractivity contribution is 5.30. The summed E-state index contributed by atoms with van der Waals surface area (Å²) in [5.41, 5.74) is 3.24. The maximum absolute atomic E-state index is 12.2. The van der Waals surface area contributed by atoms with Crippen LogP contribution in [-0.4, -0.2) is 20.1 Å². The summed E-state index contributed by atoms with van der Waals surface area (Å²) >= 11 is 0. The van der Waals surface area contributed by atoms with Crippen molar-refractivity contribution in [3.63, 3.8) is 0 Å². The van der Waals surface area contributed by atoms with Gasteiger partial charge in [0.2, 0.25) is 0 Å². The standard InChI is InChI=1S/C13H19F3N2O2/c1-9(8-19-2)6-12(18-17)10-4-3-5-11(7-10)20-13(14,15)16/h3-5,7,9,12,18H,6,8,17H2,1-2H3. The van der Waals surface area contributed by atoms with Gasteiger partial charge in [-0.3, -0.25) is 11.3 Å². The number of methoxy groups -OCH3 is 1. The van der Waals surface area contributed by atoms with Crippen LogP contribution in [0.25, 0.3) is 0 Å². The molecule has 0 saturated heterocycles. The highest BCUT2D eigenvalue weighted by Crippen LogP contribution is 2.27. The summed E-state index contributed by atoms with van der Waals surface area (Å²) in [6.45, 7) is 2.53. The van der Waals surface area contributed by atoms with Crippen LogP contribution in [0.15, 0.2) is 24.3 Å². The third kappa shape index (κ3) is 5.77. The van der Waals surface area contributed by atoms with Gasteiger partial charge in [-0.25, -0.2) is 0 Å². The molecule has 20 heavy (non-hydrogen) atoms. The molecule has 0 radical (unpaired) electrons. The Labute approximate surface area is 116 Å². The smallest absolute Gasteiger partial charge is 0.406 e. The molecule has 2 unspecified atom stereocenters. The number of hydrogen-bond donors (Lipinski definition) is 2. The Morgan fingerprint density at radius 1 is 1.35 bits per heavy atom. The third-order valence-corrected chi connectivity index (χ3v) is 2.78. The molecule has 0 aliphatic carbocycles. The molecule has 1 aromatic rings. The first-order valence-electron chi connectivity index (χ1n) is 6.16. The van der Waals surface area contributed by atoms with Crippen molar-refractivity contribution in [1.82, 2.24) is 5.43 Å². The average molecular weight is 292 g/mol. The molecule has 3 N–H and O–H groups in total. The molecule has 0 aliphatic heterocycles. The highest BCUT2D eigenvalue weighted by atomic mass is 19.4. The van der Waals surface area contributed by atoms with Crippen LogP contribution >= 0.6 is 0 Å². The SMILES string of the molecule is COCC(C)CC(NN)c1cccc(OC(F)(F)F)c1. The fraction of sp³-hybridized carbons (Fsp3) is 0.538. The van der Waals surface area contributed by atoms with Gasteiger partial charge >= 0.3 is 6.36 Å². The number of benzene rings is 1. The summed E-state index contributed by atoms with van der Waals surface area (Å²) < 4.78 is 45.5. The monoisotopic (exact) mass is 292 g/mol. The van der Waals surface area contributed by atoms with Crippen molar-refractivity contribution < 1.29 is 22.6 Å². The zero-order chi connectivity index (χ0) is 15.2. The molecule has 0 aliphatic rings. The largest absolute Gasteiger partial charge is 0.573 e. The number of hydrogen-bond acceptors (Lipinski definition) is 4. The quantitative estimate of drug-likeness (QED) is 0.599. The van der Waals surface area contributed by atoms with Gasteiger partial charge in [0.1, 0.15) is 5.75 Å². The molecule has 0 amide bonds. The van der Waals surface area contributed by atoms with Gasteiger partial charge in [-0.15, -0.1) is 13.2 Å². The Kier molecular flexibility index (Phi) is 6.25. The van der Waals surface area contributed by atoms with E-state index in [0.29, 0.717) is 18.6 Å². The van der Waals surface area contributed by atoms with Crippen LogP contribution in [0.1, 0.15) is 24.9 Å². The van der Waals surface area contributed by atoms with Gasteiger partial charge in [0.25, 0.3) is 0 Å². The van der Waals surface area contributed by atoms with Crippen molar-refractivity contribution in [3.05, 3.63) is 29.8 Å². The van der Waals surface area contributed by atoms with Crippen LogP contribution in [-0.2, 0) is 4.74 Å². The van der Waals surface area contributed by atoms with Gasteiger partial charge in [0.15, 0.2) is 0 Å². The topological polar surface area (TPSA) is 56.5 Å². The number of ether oxygens (including phenoxy) is 2. The second kappa shape index (κ2) is 7.47. The van der Waals surface area contributed by atoms with Crippen LogP contribution in [0.2, 0.25) is 0 Å². The minimum atomic E-state index is -4.70. The first kappa shape index (κ1) is 16.7. The molecule has 0 saturated carbocycles. The fourth-order valence-corrected chi connectivity index (χ4v) is 1.98. The van der Waals surface area contributed by atoms with Crippen LogP contribution in [0.3, 0.4) is 0 Å². The van der Waals surface area contributed by atoms with Gasteiger partial charge in [-0.1, -0.05) is 19.1 Å². The van der Waals surface area contributed by atoms with E-state index in [2.05, 4.69) is 10.2 Å². The van der Waals surface area contributed by atoms with Gasteiger partial charge in [-0.05, 0) is 30.0 Å². The average Bonchev–Trinajstić information content (AvgIpc) is 2.34. The second-order valence-electron chi connectivity index (χ2n) is 4.64. The third-order valence-electron chi connectivity index (χ3n) is 2.78. The molecule has 0 heterocycles. The van der Waals surface area contributed by atoms with Gasteiger partial charge in [-0.2, -0.15) is 0 Å². The van der Waals surface area contributed by atoms with E-state index < -0.39 is 6.36 Å². The summed E-state index contributed by atoms with van der Waals surface area (Å²) in [6, 6.07) is 5.52. The van der Waals surface area contributed by atoms with E-state index in [0.717, 1.165) is 0 Å². The zero-order valence-electron chi connectivity index (χ0n) is 11.4. The maximum atomic E-state index is 12.2. The molecule has 0 bridgehead atoms. The molecule has 2 atom stereocenters. The van der Waals surface area contributed by atoms with Crippen LogP contribution < -0.4 is 16.0 Å². The summed E-state index contributed by atoms with van der Waals surface area (Å²) in [4.78, 5) is 0. The van der Waals surface area contributed by atoms with Crippen molar-refractivity contribution in [1.29, 1.82) is 0 Å². The molecular weight excluding hydrogens is 273 g/mol. The normalized spacial score (nSPS) is 14.9. The molecular formula is C13H19F3N2O2. The summed E-state index contributed by atoms with van der Waals surface area (Å²) in [6.07, 6.45) is -4.06. The molecule has 1 aromatic carbocycles. The Balaban J connectivity index is 2.79. The van der Waals surface area contributed by atoms with E-state index in [1.165, 1.54) is 18.2 Å². The molecule has 4 nitrogen and oxygen atoms in total. The predicted octanol–water partition coefficient (Wildman–Crippen LogP) is 2.76. The predicted molar refractivity (Wildman–Crippen MR) is 68.8 cm³/mol. The van der Waals surface area contributed by atoms with Gasteiger partial charge < -0.3 is 9.47 Å². The van der Waals surface area contributed by atoms with E-state index in [-0.39, 0.29) is 17.7 Å². The lowest BCUT2D eigenvalue weighted by Crippen LogP contribution is -2.30. The van der Waals surface area contributed by atoms with Crippen molar-refractivity contribution in [3.8, 4) is 5.75 Å². The van der Waals surface area contributed by atoms with Crippen molar-refractivity contribution in [2.24, 2.45) is 11.8 Å². The van der Waals surface area contributed by atoms with Crippen molar-refractivity contribution in [2.45, 2.75) is 25.7 Å². The van der Waals surface area contributed by atoms with E-state index in [1.807, 2.05) is 6.92 Å². The summed E-state index contributed by atoms with van der Waals surface area (Å²) in [5, 5.41) is 0. The maximum Gasteiger partial charge on any atom is 0.573 e. The van der Waals surface area contributed by atoms with Gasteiger partial charge in [0, 0.05) is 19.8 Å². The number of halogens is 3. The Hall–Kier alpha value is -1.31. The van der Waals surface area contributed by atoms with E-state index in [1.54, 1.807) is 13.2 Å². The Bertz CT molecular complexity index is 413. The number of hydrazine groups is 1. The van der Waals surface area contributed by atoms with E-state index in [9.17, 15) is 13.2 Å².